The van der Waals surface area contributed by atoms with Gasteiger partial charge < -0.3 is 0 Å². The Morgan fingerprint density at radius 2 is 1.69 bits per heavy atom. The molecule has 0 bridgehead atoms. The van der Waals surface area contributed by atoms with Crippen LogP contribution in [0, 0.1) is 6.92 Å². The first kappa shape index (κ1) is 9.09. The number of rotatable bonds is 1. The van der Waals surface area contributed by atoms with Crippen LogP contribution in [0.2, 0.25) is 0 Å². The van der Waals surface area contributed by atoms with Crippen LogP contribution in [-0.2, 0) is 0 Å². The number of fused-ring (bicyclic) bond motifs is 1. The molecule has 3 rings (SSSR count). The number of nitrogens with zero attached hydrogens (tertiary/aromatic N) is 2. The number of aryl methyl sites for hydroxylation is 1. The first-order chi connectivity index (χ1) is 7.86. The molecule has 1 heterocycles. The highest BCUT2D eigenvalue weighted by molar-refractivity contribution is 5.91. The average molecular weight is 209 g/mol. The van der Waals surface area contributed by atoms with Crippen LogP contribution in [0.25, 0.3) is 22.2 Å². The van der Waals surface area contributed by atoms with Crippen LogP contribution in [0.5, 0.6) is 0 Å². The molecule has 1 N–H and O–H groups in total. The van der Waals surface area contributed by atoms with E-state index in [9.17, 15) is 0 Å². The molecule has 0 fully saturated rings. The molecule has 3 nitrogen and oxygen atoms in total. The fourth-order valence-corrected chi connectivity index (χ4v) is 1.96. The highest BCUT2D eigenvalue weighted by Crippen LogP contribution is 2.28. The van der Waals surface area contributed by atoms with Crippen LogP contribution in [0.1, 0.15) is 5.56 Å². The molecule has 3 aromatic rings. The van der Waals surface area contributed by atoms with E-state index in [0.29, 0.717) is 0 Å². The Balaban J connectivity index is 2.34. The van der Waals surface area contributed by atoms with Crippen molar-refractivity contribution in [1.29, 1.82) is 0 Å². The van der Waals surface area contributed by atoms with Crippen LogP contribution in [0.3, 0.4) is 0 Å². The molecule has 16 heavy (non-hydrogen) atoms. The summed E-state index contributed by atoms with van der Waals surface area (Å²) in [5.41, 5.74) is 5.42. The molecule has 0 amide bonds. The van der Waals surface area contributed by atoms with E-state index in [-0.39, 0.29) is 0 Å². The van der Waals surface area contributed by atoms with Crippen molar-refractivity contribution >= 4 is 11.0 Å². The van der Waals surface area contributed by atoms with Crippen molar-refractivity contribution in [3.63, 3.8) is 0 Å². The third-order valence-electron chi connectivity index (χ3n) is 2.78. The normalized spacial score (nSPS) is 10.8. The Morgan fingerprint density at radius 3 is 2.56 bits per heavy atom. The van der Waals surface area contributed by atoms with Gasteiger partial charge in [0.1, 0.15) is 11.0 Å². The summed E-state index contributed by atoms with van der Waals surface area (Å²) >= 11 is 0. The van der Waals surface area contributed by atoms with Gasteiger partial charge in [-0.15, -0.1) is 0 Å². The maximum atomic E-state index is 4.20. The van der Waals surface area contributed by atoms with E-state index < -0.39 is 0 Å². The first-order valence-electron chi connectivity index (χ1n) is 5.22. The van der Waals surface area contributed by atoms with Crippen LogP contribution >= 0.6 is 0 Å². The van der Waals surface area contributed by atoms with Gasteiger partial charge in [-0.2, -0.15) is 15.4 Å². The molecule has 0 unspecified atom stereocenters. The van der Waals surface area contributed by atoms with Crippen LogP contribution in [0.15, 0.2) is 42.5 Å². The molecule has 0 spiro atoms. The Kier molecular flexibility index (Phi) is 1.96. The summed E-state index contributed by atoms with van der Waals surface area (Å²) in [6.07, 6.45) is 0. The summed E-state index contributed by atoms with van der Waals surface area (Å²) in [5, 5.41) is 11.0. The van der Waals surface area contributed by atoms with Crippen molar-refractivity contribution in [3.8, 4) is 11.1 Å². The summed E-state index contributed by atoms with van der Waals surface area (Å²) < 4.78 is 0. The van der Waals surface area contributed by atoms with E-state index in [1.807, 2.05) is 24.3 Å². The fourth-order valence-electron chi connectivity index (χ4n) is 1.96. The predicted molar refractivity (Wildman–Crippen MR) is 64.1 cm³/mol. The van der Waals surface area contributed by atoms with Gasteiger partial charge in [-0.1, -0.05) is 36.4 Å². The number of H-pyrrole nitrogens is 1. The first-order valence-corrected chi connectivity index (χ1v) is 5.22. The molecule has 0 aliphatic carbocycles. The van der Waals surface area contributed by atoms with E-state index in [1.54, 1.807) is 0 Å². The minimum atomic E-state index is 0.903. The summed E-state index contributed by atoms with van der Waals surface area (Å²) in [4.78, 5) is 0. The minimum absolute atomic E-state index is 0.903. The van der Waals surface area contributed by atoms with Gasteiger partial charge in [0.05, 0.1) is 0 Å². The molecule has 0 radical (unpaired) electrons. The molecule has 0 saturated heterocycles. The van der Waals surface area contributed by atoms with Crippen molar-refractivity contribution in [1.82, 2.24) is 15.4 Å². The van der Waals surface area contributed by atoms with Crippen molar-refractivity contribution in [3.05, 3.63) is 48.0 Å². The van der Waals surface area contributed by atoms with E-state index in [4.69, 9.17) is 0 Å². The lowest BCUT2D eigenvalue weighted by atomic mass is 10.00. The number of aromatic amines is 1. The summed E-state index contributed by atoms with van der Waals surface area (Å²) in [6, 6.07) is 14.3. The van der Waals surface area contributed by atoms with Gasteiger partial charge in [-0.3, -0.25) is 0 Å². The van der Waals surface area contributed by atoms with Crippen molar-refractivity contribution in [2.75, 3.05) is 0 Å². The standard InChI is InChI=1S/C13H11N3/c1-9-5-2-3-6-10(9)11-7-4-8-12-13(11)15-16-14-12/h2-8H,1H3,(H,14,15,16). The second-order valence-electron chi connectivity index (χ2n) is 3.81. The smallest absolute Gasteiger partial charge is 0.120 e. The Labute approximate surface area is 93.1 Å². The van der Waals surface area contributed by atoms with Crippen molar-refractivity contribution in [2.45, 2.75) is 6.92 Å². The maximum absolute atomic E-state index is 4.20. The van der Waals surface area contributed by atoms with Gasteiger partial charge >= 0.3 is 0 Å². The lowest BCUT2D eigenvalue weighted by Crippen LogP contribution is -1.84. The molecular weight excluding hydrogens is 198 g/mol. The number of hydrogen-bond acceptors (Lipinski definition) is 2. The van der Waals surface area contributed by atoms with E-state index in [2.05, 4.69) is 40.5 Å². The zero-order chi connectivity index (χ0) is 11.0. The summed E-state index contributed by atoms with van der Waals surface area (Å²) in [7, 11) is 0. The maximum Gasteiger partial charge on any atom is 0.120 e. The molecule has 3 heteroatoms. The average Bonchev–Trinajstić information content (AvgIpc) is 2.77. The number of hydrogen-bond donors (Lipinski definition) is 1. The Bertz CT molecular complexity index is 640. The van der Waals surface area contributed by atoms with Crippen LogP contribution < -0.4 is 0 Å². The topological polar surface area (TPSA) is 41.6 Å². The molecule has 0 aliphatic heterocycles. The third-order valence-corrected chi connectivity index (χ3v) is 2.78. The fraction of sp³-hybridized carbons (Fsp3) is 0.0769. The molecule has 78 valence electrons. The second kappa shape index (κ2) is 3.45. The quantitative estimate of drug-likeness (QED) is 0.669. The van der Waals surface area contributed by atoms with Crippen molar-refractivity contribution < 1.29 is 0 Å². The molecular formula is C13H11N3. The lowest BCUT2D eigenvalue weighted by molar-refractivity contribution is 0.959. The largest absolute Gasteiger partial charge is 0.197 e. The molecule has 2 aromatic carbocycles. The van der Waals surface area contributed by atoms with Crippen LogP contribution in [0.4, 0.5) is 0 Å². The number of nitrogens with one attached hydrogen (secondary N) is 1. The molecule has 1 aromatic heterocycles. The van der Waals surface area contributed by atoms with E-state index >= 15 is 0 Å². The molecule has 0 atom stereocenters. The Hall–Kier alpha value is -2.16. The lowest BCUT2D eigenvalue weighted by Gasteiger charge is -2.05. The summed E-state index contributed by atoms with van der Waals surface area (Å²) in [6.45, 7) is 2.11. The second-order valence-corrected chi connectivity index (χ2v) is 3.81. The van der Waals surface area contributed by atoms with Crippen molar-refractivity contribution in [2.24, 2.45) is 0 Å². The van der Waals surface area contributed by atoms with Gasteiger partial charge in [0, 0.05) is 5.56 Å². The molecule has 0 aliphatic rings. The highest BCUT2D eigenvalue weighted by atomic mass is 15.3. The van der Waals surface area contributed by atoms with Gasteiger partial charge in [0.15, 0.2) is 0 Å². The zero-order valence-corrected chi connectivity index (χ0v) is 8.94. The van der Waals surface area contributed by atoms with Gasteiger partial charge in [0.25, 0.3) is 0 Å². The third kappa shape index (κ3) is 1.29. The van der Waals surface area contributed by atoms with Gasteiger partial charge in [-0.05, 0) is 24.1 Å². The zero-order valence-electron chi connectivity index (χ0n) is 8.94. The monoisotopic (exact) mass is 209 g/mol. The SMILES string of the molecule is Cc1ccccc1-c1cccc2n[nH]nc12. The minimum Gasteiger partial charge on any atom is -0.197 e. The van der Waals surface area contributed by atoms with Gasteiger partial charge in [0.2, 0.25) is 0 Å². The van der Waals surface area contributed by atoms with Crippen LogP contribution in [-0.4, -0.2) is 15.4 Å². The number of aromatic nitrogens is 3. The number of para-hydroxylation sites is 1. The van der Waals surface area contributed by atoms with E-state index in [1.165, 1.54) is 11.1 Å². The van der Waals surface area contributed by atoms with E-state index in [0.717, 1.165) is 16.6 Å². The summed E-state index contributed by atoms with van der Waals surface area (Å²) in [5.74, 6) is 0. The van der Waals surface area contributed by atoms with Gasteiger partial charge in [-0.25, -0.2) is 0 Å². The Morgan fingerprint density at radius 1 is 0.875 bits per heavy atom. The predicted octanol–water partition coefficient (Wildman–Crippen LogP) is 2.93. The highest BCUT2D eigenvalue weighted by Gasteiger charge is 2.07. The number of benzene rings is 2. The molecule has 0 saturated carbocycles.